The molecule has 1 aliphatic carbocycles. The molecule has 1 aromatic rings. The van der Waals surface area contributed by atoms with E-state index in [2.05, 4.69) is 5.10 Å². The first-order chi connectivity index (χ1) is 7.79. The van der Waals surface area contributed by atoms with Crippen molar-refractivity contribution in [1.29, 1.82) is 0 Å². The SMILES string of the molecule is CCn1cc(C(=O)C=C2CCCCC2)cn1. The molecule has 0 spiro atoms. The third-order valence-electron chi connectivity index (χ3n) is 3.07. The van der Waals surface area contributed by atoms with Crippen molar-refractivity contribution in [3.8, 4) is 0 Å². The molecular formula is C13H18N2O. The van der Waals surface area contributed by atoms with E-state index in [9.17, 15) is 4.79 Å². The van der Waals surface area contributed by atoms with Gasteiger partial charge in [0, 0.05) is 12.7 Å². The van der Waals surface area contributed by atoms with E-state index in [0.717, 1.165) is 19.4 Å². The predicted molar refractivity (Wildman–Crippen MR) is 63.4 cm³/mol. The van der Waals surface area contributed by atoms with Crippen molar-refractivity contribution in [1.82, 2.24) is 9.78 Å². The largest absolute Gasteiger partial charge is 0.289 e. The Bertz CT molecular complexity index is 396. The van der Waals surface area contributed by atoms with Crippen molar-refractivity contribution in [2.45, 2.75) is 45.6 Å². The lowest BCUT2D eigenvalue weighted by atomic mass is 9.93. The molecule has 0 N–H and O–H groups in total. The van der Waals surface area contributed by atoms with E-state index in [1.54, 1.807) is 10.9 Å². The van der Waals surface area contributed by atoms with Crippen LogP contribution in [0, 0.1) is 0 Å². The maximum absolute atomic E-state index is 11.9. The molecule has 0 aromatic carbocycles. The lowest BCUT2D eigenvalue weighted by molar-refractivity contribution is 0.104. The maximum atomic E-state index is 11.9. The number of aromatic nitrogens is 2. The first-order valence-electron chi connectivity index (χ1n) is 6.06. The Morgan fingerprint density at radius 2 is 2.19 bits per heavy atom. The number of nitrogens with zero attached hydrogens (tertiary/aromatic N) is 2. The van der Waals surface area contributed by atoms with Crippen LogP contribution in [0.4, 0.5) is 0 Å². The second-order valence-corrected chi connectivity index (χ2v) is 4.31. The minimum absolute atomic E-state index is 0.108. The van der Waals surface area contributed by atoms with E-state index in [-0.39, 0.29) is 5.78 Å². The summed E-state index contributed by atoms with van der Waals surface area (Å²) in [7, 11) is 0. The van der Waals surface area contributed by atoms with Gasteiger partial charge in [0.05, 0.1) is 11.8 Å². The fraction of sp³-hybridized carbons (Fsp3) is 0.538. The van der Waals surface area contributed by atoms with E-state index in [1.807, 2.05) is 19.2 Å². The van der Waals surface area contributed by atoms with Crippen LogP contribution < -0.4 is 0 Å². The Labute approximate surface area is 96.2 Å². The van der Waals surface area contributed by atoms with E-state index in [0.29, 0.717) is 5.56 Å². The Morgan fingerprint density at radius 1 is 1.44 bits per heavy atom. The Morgan fingerprint density at radius 3 is 2.81 bits per heavy atom. The summed E-state index contributed by atoms with van der Waals surface area (Å²) in [5, 5.41) is 4.12. The first-order valence-corrected chi connectivity index (χ1v) is 6.06. The van der Waals surface area contributed by atoms with Crippen LogP contribution in [-0.2, 0) is 6.54 Å². The summed E-state index contributed by atoms with van der Waals surface area (Å²) in [6.07, 6.45) is 11.2. The van der Waals surface area contributed by atoms with Crippen LogP contribution in [0.15, 0.2) is 24.0 Å². The van der Waals surface area contributed by atoms with Crippen molar-refractivity contribution in [3.63, 3.8) is 0 Å². The summed E-state index contributed by atoms with van der Waals surface area (Å²) in [5.74, 6) is 0.108. The molecule has 2 rings (SSSR count). The zero-order valence-electron chi connectivity index (χ0n) is 9.78. The van der Waals surface area contributed by atoms with Crippen LogP contribution in [0.3, 0.4) is 0 Å². The highest BCUT2D eigenvalue weighted by Crippen LogP contribution is 2.23. The van der Waals surface area contributed by atoms with Crippen LogP contribution in [0.25, 0.3) is 0 Å². The number of aryl methyl sites for hydroxylation is 1. The van der Waals surface area contributed by atoms with E-state index in [1.165, 1.54) is 24.8 Å². The van der Waals surface area contributed by atoms with Gasteiger partial charge in [0.15, 0.2) is 5.78 Å². The average molecular weight is 218 g/mol. The Hall–Kier alpha value is -1.38. The Kier molecular flexibility index (Phi) is 3.54. The lowest BCUT2D eigenvalue weighted by Crippen LogP contribution is -1.99. The van der Waals surface area contributed by atoms with E-state index in [4.69, 9.17) is 0 Å². The van der Waals surface area contributed by atoms with Gasteiger partial charge in [0.1, 0.15) is 0 Å². The van der Waals surface area contributed by atoms with Gasteiger partial charge in [-0.15, -0.1) is 0 Å². The normalized spacial score (nSPS) is 16.2. The summed E-state index contributed by atoms with van der Waals surface area (Å²) in [5.41, 5.74) is 2.01. The number of hydrogen-bond acceptors (Lipinski definition) is 2. The topological polar surface area (TPSA) is 34.9 Å². The molecule has 0 unspecified atom stereocenters. The number of ketones is 1. The molecule has 1 fully saturated rings. The molecule has 1 saturated carbocycles. The molecule has 86 valence electrons. The number of carbonyl (C=O) groups excluding carboxylic acids is 1. The first kappa shape index (κ1) is 11.1. The molecule has 0 radical (unpaired) electrons. The van der Waals surface area contributed by atoms with Crippen LogP contribution in [0.1, 0.15) is 49.4 Å². The van der Waals surface area contributed by atoms with Crippen molar-refractivity contribution in [3.05, 3.63) is 29.6 Å². The van der Waals surface area contributed by atoms with Crippen LogP contribution in [-0.4, -0.2) is 15.6 Å². The summed E-state index contributed by atoms with van der Waals surface area (Å²) >= 11 is 0. The zero-order chi connectivity index (χ0) is 11.4. The van der Waals surface area contributed by atoms with E-state index < -0.39 is 0 Å². The molecule has 1 aromatic heterocycles. The highest BCUT2D eigenvalue weighted by Gasteiger charge is 2.10. The van der Waals surface area contributed by atoms with Gasteiger partial charge < -0.3 is 0 Å². The van der Waals surface area contributed by atoms with Gasteiger partial charge in [-0.3, -0.25) is 9.48 Å². The monoisotopic (exact) mass is 218 g/mol. The van der Waals surface area contributed by atoms with Gasteiger partial charge in [-0.1, -0.05) is 12.0 Å². The average Bonchev–Trinajstić information content (AvgIpc) is 2.79. The molecule has 0 amide bonds. The third kappa shape index (κ3) is 2.60. The number of rotatable bonds is 3. The molecule has 0 atom stereocenters. The van der Waals surface area contributed by atoms with Gasteiger partial charge in [-0.25, -0.2) is 0 Å². The number of carbonyl (C=O) groups is 1. The van der Waals surface area contributed by atoms with Gasteiger partial charge in [0.25, 0.3) is 0 Å². The molecule has 1 aliphatic rings. The summed E-state index contributed by atoms with van der Waals surface area (Å²) in [6.45, 7) is 2.82. The fourth-order valence-electron chi connectivity index (χ4n) is 2.08. The summed E-state index contributed by atoms with van der Waals surface area (Å²) < 4.78 is 1.78. The predicted octanol–water partition coefficient (Wildman–Crippen LogP) is 2.98. The van der Waals surface area contributed by atoms with Crippen molar-refractivity contribution < 1.29 is 4.79 Å². The highest BCUT2D eigenvalue weighted by molar-refractivity contribution is 6.04. The van der Waals surface area contributed by atoms with Crippen molar-refractivity contribution in [2.75, 3.05) is 0 Å². The van der Waals surface area contributed by atoms with Gasteiger partial charge in [-0.05, 0) is 38.7 Å². The molecule has 16 heavy (non-hydrogen) atoms. The van der Waals surface area contributed by atoms with Gasteiger partial charge in [-0.2, -0.15) is 5.10 Å². The smallest absolute Gasteiger partial charge is 0.188 e. The Balaban J connectivity index is 2.06. The second-order valence-electron chi connectivity index (χ2n) is 4.31. The molecular weight excluding hydrogens is 200 g/mol. The van der Waals surface area contributed by atoms with Gasteiger partial charge >= 0.3 is 0 Å². The molecule has 0 aliphatic heterocycles. The summed E-state index contributed by atoms with van der Waals surface area (Å²) in [6, 6.07) is 0. The number of hydrogen-bond donors (Lipinski definition) is 0. The van der Waals surface area contributed by atoms with Crippen LogP contribution in [0.5, 0.6) is 0 Å². The highest BCUT2D eigenvalue weighted by atomic mass is 16.1. The number of allylic oxidation sites excluding steroid dienone is 2. The quantitative estimate of drug-likeness (QED) is 0.577. The second kappa shape index (κ2) is 5.10. The van der Waals surface area contributed by atoms with Crippen LogP contribution in [0.2, 0.25) is 0 Å². The molecule has 0 saturated heterocycles. The van der Waals surface area contributed by atoms with Crippen LogP contribution >= 0.6 is 0 Å². The minimum Gasteiger partial charge on any atom is -0.289 e. The van der Waals surface area contributed by atoms with Crippen molar-refractivity contribution >= 4 is 5.78 Å². The standard InChI is InChI=1S/C13H18N2O/c1-2-15-10-12(9-14-15)13(16)8-11-6-4-3-5-7-11/h8-10H,2-7H2,1H3. The van der Waals surface area contributed by atoms with Crippen molar-refractivity contribution in [2.24, 2.45) is 0 Å². The maximum Gasteiger partial charge on any atom is 0.188 e. The molecule has 0 bridgehead atoms. The fourth-order valence-corrected chi connectivity index (χ4v) is 2.08. The molecule has 1 heterocycles. The van der Waals surface area contributed by atoms with Gasteiger partial charge in [0.2, 0.25) is 0 Å². The lowest BCUT2D eigenvalue weighted by Gasteiger charge is -2.12. The molecule has 3 heteroatoms. The van der Waals surface area contributed by atoms with E-state index >= 15 is 0 Å². The summed E-state index contributed by atoms with van der Waals surface area (Å²) in [4.78, 5) is 11.9. The molecule has 3 nitrogen and oxygen atoms in total. The zero-order valence-corrected chi connectivity index (χ0v) is 9.78. The minimum atomic E-state index is 0.108. The third-order valence-corrected chi connectivity index (χ3v) is 3.07.